The van der Waals surface area contributed by atoms with Gasteiger partial charge in [-0.05, 0) is 25.7 Å². The van der Waals surface area contributed by atoms with Crippen LogP contribution in [0.2, 0.25) is 0 Å². The molecule has 0 bridgehead atoms. The molecule has 0 aliphatic heterocycles. The Bertz CT molecular complexity index is 106. The van der Waals surface area contributed by atoms with Crippen molar-refractivity contribution in [1.29, 1.82) is 0 Å². The van der Waals surface area contributed by atoms with Crippen molar-refractivity contribution in [3.63, 3.8) is 0 Å². The van der Waals surface area contributed by atoms with E-state index in [2.05, 4.69) is 45.2 Å². The van der Waals surface area contributed by atoms with Crippen LogP contribution in [0.4, 0.5) is 0 Å². The van der Waals surface area contributed by atoms with Crippen LogP contribution in [0.3, 0.4) is 0 Å². The summed E-state index contributed by atoms with van der Waals surface area (Å²) < 4.78 is 0.414. The maximum Gasteiger partial charge on any atom is 0.0737 e. The minimum atomic E-state index is -0.375. The van der Waals surface area contributed by atoms with E-state index in [1.807, 2.05) is 0 Å². The van der Waals surface area contributed by atoms with E-state index in [0.29, 0.717) is 1.43 Å². The molecule has 4 N–H and O–H groups in total. The van der Waals surface area contributed by atoms with Gasteiger partial charge in [0.15, 0.2) is 0 Å². The molecule has 1 saturated carbocycles. The first-order valence-corrected chi connectivity index (χ1v) is 5.53. The summed E-state index contributed by atoms with van der Waals surface area (Å²) in [6.45, 7) is 0. The summed E-state index contributed by atoms with van der Waals surface area (Å²) in [6, 6.07) is 0. The van der Waals surface area contributed by atoms with Crippen LogP contribution in [-0.2, 0) is 0 Å². The van der Waals surface area contributed by atoms with Crippen molar-refractivity contribution in [2.75, 3.05) is 0 Å². The van der Waals surface area contributed by atoms with Crippen molar-refractivity contribution in [3.8, 4) is 0 Å². The molecule has 0 spiro atoms. The average Bonchev–Trinajstić information content (AvgIpc) is 1.79. The van der Waals surface area contributed by atoms with E-state index < -0.39 is 0 Å². The normalized spacial score (nSPS) is 30.0. The molecule has 0 aromatic heterocycles. The van der Waals surface area contributed by atoms with E-state index in [0.717, 1.165) is 25.7 Å². The first-order valence-electron chi connectivity index (χ1n) is 3.37. The van der Waals surface area contributed by atoms with Crippen LogP contribution in [0.1, 0.15) is 25.7 Å². The molecule has 2 nitrogen and oxygen atoms in total. The molecule has 0 radical (unpaired) electrons. The number of rotatable bonds is 0. The molecule has 1 rings (SSSR count). The predicted octanol–water partition coefficient (Wildman–Crippen LogP) is 1.74. The zero-order chi connectivity index (χ0) is 7.83. The topological polar surface area (TPSA) is 52.0 Å². The molecule has 0 atom stereocenters. The molecule has 10 heavy (non-hydrogen) atoms. The van der Waals surface area contributed by atoms with E-state index in [9.17, 15) is 0 Å². The smallest absolute Gasteiger partial charge is 0.0737 e. The van der Waals surface area contributed by atoms with Gasteiger partial charge in [-0.2, -0.15) is 0 Å². The van der Waals surface area contributed by atoms with Gasteiger partial charge in [-0.1, -0.05) is 45.2 Å². The van der Waals surface area contributed by atoms with Crippen molar-refractivity contribution in [2.24, 2.45) is 11.5 Å². The number of hydrogen-bond donors (Lipinski definition) is 2. The number of alkyl halides is 2. The van der Waals surface area contributed by atoms with Gasteiger partial charge in [0.05, 0.1) is 7.09 Å². The monoisotopic (exact) mass is 366 g/mol. The number of halogens is 2. The van der Waals surface area contributed by atoms with E-state index in [-0.39, 0.29) is 5.66 Å². The Morgan fingerprint density at radius 3 is 1.60 bits per heavy atom. The van der Waals surface area contributed by atoms with E-state index >= 15 is 0 Å². The van der Waals surface area contributed by atoms with Gasteiger partial charge in [0.25, 0.3) is 0 Å². The SMILES string of the molecule is NC1(N)CCC(I)(I)CC1. The standard InChI is InChI=1S/C6H12I2N2/c7-5(8)1-3-6(9,10)4-2-5/h1-4,9-10H2. The fourth-order valence-electron chi connectivity index (χ4n) is 1.08. The predicted molar refractivity (Wildman–Crippen MR) is 60.3 cm³/mol. The van der Waals surface area contributed by atoms with Crippen LogP contribution in [0.15, 0.2) is 0 Å². The summed E-state index contributed by atoms with van der Waals surface area (Å²) >= 11 is 4.97. The molecule has 1 aliphatic carbocycles. The second kappa shape index (κ2) is 3.02. The third-order valence-corrected chi connectivity index (χ3v) is 4.07. The zero-order valence-electron chi connectivity index (χ0n) is 5.74. The molecule has 0 heterocycles. The highest BCUT2D eigenvalue weighted by Gasteiger charge is 2.34. The lowest BCUT2D eigenvalue weighted by molar-refractivity contribution is 0.311. The third kappa shape index (κ3) is 2.78. The fourth-order valence-corrected chi connectivity index (χ4v) is 2.16. The zero-order valence-corrected chi connectivity index (χ0v) is 10.1. The summed E-state index contributed by atoms with van der Waals surface area (Å²) in [6.07, 6.45) is 4.19. The first kappa shape index (κ1) is 9.47. The van der Waals surface area contributed by atoms with Gasteiger partial charge in [-0.15, -0.1) is 0 Å². The van der Waals surface area contributed by atoms with Crippen molar-refractivity contribution < 1.29 is 0 Å². The second-order valence-corrected chi connectivity index (χ2v) is 9.28. The lowest BCUT2D eigenvalue weighted by Crippen LogP contribution is -2.52. The van der Waals surface area contributed by atoms with Gasteiger partial charge >= 0.3 is 0 Å². The first-order chi connectivity index (χ1) is 4.41. The molecule has 1 aliphatic rings. The van der Waals surface area contributed by atoms with Crippen LogP contribution in [0.25, 0.3) is 0 Å². The second-order valence-electron chi connectivity index (χ2n) is 3.09. The van der Waals surface area contributed by atoms with E-state index in [1.54, 1.807) is 0 Å². The summed E-state index contributed by atoms with van der Waals surface area (Å²) in [5.41, 5.74) is 11.2. The van der Waals surface area contributed by atoms with Gasteiger partial charge < -0.3 is 11.5 Å². The molecule has 0 saturated heterocycles. The molecular formula is C6H12I2N2. The minimum absolute atomic E-state index is 0.375. The van der Waals surface area contributed by atoms with Crippen LogP contribution in [-0.4, -0.2) is 7.09 Å². The summed E-state index contributed by atoms with van der Waals surface area (Å²) in [5.74, 6) is 0. The van der Waals surface area contributed by atoms with Crippen molar-refractivity contribution in [3.05, 3.63) is 0 Å². The van der Waals surface area contributed by atoms with Gasteiger partial charge in [-0.3, -0.25) is 0 Å². The molecule has 1 fully saturated rings. The third-order valence-electron chi connectivity index (χ3n) is 1.91. The average molecular weight is 366 g/mol. The Hall–Kier alpha value is 1.38. The molecular weight excluding hydrogens is 354 g/mol. The minimum Gasteiger partial charge on any atom is -0.313 e. The lowest BCUT2D eigenvalue weighted by Gasteiger charge is -2.36. The highest BCUT2D eigenvalue weighted by atomic mass is 127. The Labute approximate surface area is 88.8 Å². The largest absolute Gasteiger partial charge is 0.313 e. The van der Waals surface area contributed by atoms with Crippen LogP contribution in [0, 0.1) is 0 Å². The van der Waals surface area contributed by atoms with Crippen LogP contribution < -0.4 is 11.5 Å². The molecule has 60 valence electrons. The molecule has 0 unspecified atom stereocenters. The summed E-state index contributed by atoms with van der Waals surface area (Å²) in [4.78, 5) is 0. The van der Waals surface area contributed by atoms with Gasteiger partial charge in [0.2, 0.25) is 0 Å². The Morgan fingerprint density at radius 1 is 0.900 bits per heavy atom. The van der Waals surface area contributed by atoms with Crippen molar-refractivity contribution in [2.45, 2.75) is 32.8 Å². The highest BCUT2D eigenvalue weighted by Crippen LogP contribution is 2.43. The maximum absolute atomic E-state index is 5.77. The van der Waals surface area contributed by atoms with Crippen LogP contribution in [0.5, 0.6) is 0 Å². The maximum atomic E-state index is 5.77. The van der Waals surface area contributed by atoms with Crippen molar-refractivity contribution >= 4 is 45.2 Å². The fraction of sp³-hybridized carbons (Fsp3) is 1.00. The quantitative estimate of drug-likeness (QED) is 0.390. The van der Waals surface area contributed by atoms with Gasteiger partial charge in [-0.25, -0.2) is 0 Å². The summed E-state index contributed by atoms with van der Waals surface area (Å²) in [5, 5.41) is 0. The van der Waals surface area contributed by atoms with Gasteiger partial charge in [0.1, 0.15) is 0 Å². The van der Waals surface area contributed by atoms with Crippen molar-refractivity contribution in [1.82, 2.24) is 0 Å². The Kier molecular flexibility index (Phi) is 2.86. The van der Waals surface area contributed by atoms with E-state index in [1.165, 1.54) is 0 Å². The van der Waals surface area contributed by atoms with Gasteiger partial charge in [0, 0.05) is 0 Å². The van der Waals surface area contributed by atoms with Crippen LogP contribution >= 0.6 is 45.2 Å². The Balaban J connectivity index is 2.46. The lowest BCUT2D eigenvalue weighted by atomic mass is 9.91. The molecule has 0 aromatic rings. The van der Waals surface area contributed by atoms with E-state index in [4.69, 9.17) is 11.5 Å². The molecule has 0 aromatic carbocycles. The highest BCUT2D eigenvalue weighted by molar-refractivity contribution is 14.2. The molecule has 4 heteroatoms. The number of nitrogens with two attached hydrogens (primary N) is 2. The Morgan fingerprint density at radius 2 is 1.30 bits per heavy atom. The number of hydrogen-bond acceptors (Lipinski definition) is 2. The molecule has 0 amide bonds. The summed E-state index contributed by atoms with van der Waals surface area (Å²) in [7, 11) is 0.